The summed E-state index contributed by atoms with van der Waals surface area (Å²) in [5.41, 5.74) is 0.987. The fourth-order valence-electron chi connectivity index (χ4n) is 3.07. The zero-order valence-corrected chi connectivity index (χ0v) is 10.5. The van der Waals surface area contributed by atoms with Crippen LogP contribution >= 0.6 is 0 Å². The van der Waals surface area contributed by atoms with E-state index in [9.17, 15) is 5.11 Å². The van der Waals surface area contributed by atoms with Crippen LogP contribution < -0.4 is 0 Å². The van der Waals surface area contributed by atoms with Crippen LogP contribution in [0.15, 0.2) is 11.6 Å². The Labute approximate surface area is 97.4 Å². The second-order valence-corrected chi connectivity index (χ2v) is 5.41. The van der Waals surface area contributed by atoms with Gasteiger partial charge in [0.15, 0.2) is 5.79 Å². The minimum atomic E-state index is -0.543. The Balaban J connectivity index is 2.29. The fourth-order valence-corrected chi connectivity index (χ4v) is 3.07. The van der Waals surface area contributed by atoms with Gasteiger partial charge in [-0.1, -0.05) is 18.6 Å². The van der Waals surface area contributed by atoms with Gasteiger partial charge in [-0.15, -0.1) is 0 Å². The van der Waals surface area contributed by atoms with E-state index in [1.165, 1.54) is 5.57 Å². The minimum Gasteiger partial charge on any atom is -0.396 e. The quantitative estimate of drug-likeness (QED) is 0.733. The summed E-state index contributed by atoms with van der Waals surface area (Å²) < 4.78 is 11.6. The summed E-state index contributed by atoms with van der Waals surface area (Å²) >= 11 is 0. The van der Waals surface area contributed by atoms with Crippen molar-refractivity contribution in [3.8, 4) is 0 Å². The van der Waals surface area contributed by atoms with Gasteiger partial charge in [-0.25, -0.2) is 0 Å². The molecule has 16 heavy (non-hydrogen) atoms. The van der Waals surface area contributed by atoms with Crippen molar-refractivity contribution in [2.24, 2.45) is 11.3 Å². The van der Waals surface area contributed by atoms with E-state index in [0.717, 1.165) is 12.8 Å². The lowest BCUT2D eigenvalue weighted by Crippen LogP contribution is -2.48. The van der Waals surface area contributed by atoms with Crippen molar-refractivity contribution in [1.29, 1.82) is 0 Å². The Kier molecular flexibility index (Phi) is 3.12. The Bertz CT molecular complexity index is 288. The van der Waals surface area contributed by atoms with Crippen molar-refractivity contribution < 1.29 is 14.6 Å². The monoisotopic (exact) mass is 226 g/mol. The van der Waals surface area contributed by atoms with Gasteiger partial charge in [0.25, 0.3) is 0 Å². The van der Waals surface area contributed by atoms with Gasteiger partial charge in [-0.3, -0.25) is 0 Å². The molecule has 1 saturated carbocycles. The van der Waals surface area contributed by atoms with E-state index < -0.39 is 5.79 Å². The topological polar surface area (TPSA) is 38.7 Å². The second-order valence-electron chi connectivity index (χ2n) is 5.41. The van der Waals surface area contributed by atoms with Crippen molar-refractivity contribution in [2.75, 3.05) is 19.8 Å². The smallest absolute Gasteiger partial charge is 0.176 e. The number of hydrogen-bond donors (Lipinski definition) is 1. The zero-order chi connectivity index (χ0) is 11.8. The molecule has 1 aliphatic carbocycles. The Morgan fingerprint density at radius 1 is 1.38 bits per heavy atom. The molecule has 1 aliphatic heterocycles. The predicted molar refractivity (Wildman–Crippen MR) is 62.0 cm³/mol. The van der Waals surface area contributed by atoms with Crippen LogP contribution in [0, 0.1) is 11.3 Å². The van der Waals surface area contributed by atoms with Gasteiger partial charge >= 0.3 is 0 Å². The van der Waals surface area contributed by atoms with E-state index in [2.05, 4.69) is 26.8 Å². The molecule has 0 bridgehead atoms. The van der Waals surface area contributed by atoms with Gasteiger partial charge < -0.3 is 14.6 Å². The molecule has 92 valence electrons. The van der Waals surface area contributed by atoms with Crippen LogP contribution in [0.1, 0.15) is 33.6 Å². The molecular formula is C13H22O3. The third-order valence-electron chi connectivity index (χ3n) is 4.09. The van der Waals surface area contributed by atoms with Crippen molar-refractivity contribution in [2.45, 2.75) is 39.4 Å². The van der Waals surface area contributed by atoms with E-state index in [0.29, 0.717) is 19.1 Å². The average molecular weight is 226 g/mol. The van der Waals surface area contributed by atoms with E-state index in [1.54, 1.807) is 0 Å². The molecule has 0 amide bonds. The molecule has 2 aliphatic rings. The summed E-state index contributed by atoms with van der Waals surface area (Å²) in [6.07, 6.45) is 4.16. The maximum atomic E-state index is 9.74. The predicted octanol–water partition coefficient (Wildman–Crippen LogP) is 2.10. The molecule has 2 atom stereocenters. The summed E-state index contributed by atoms with van der Waals surface area (Å²) in [6.45, 7) is 7.68. The summed E-state index contributed by atoms with van der Waals surface area (Å²) in [7, 11) is 0. The van der Waals surface area contributed by atoms with Crippen LogP contribution in [-0.2, 0) is 9.47 Å². The molecule has 0 aromatic rings. The van der Waals surface area contributed by atoms with Crippen LogP contribution in [0.5, 0.6) is 0 Å². The van der Waals surface area contributed by atoms with Crippen molar-refractivity contribution in [3.63, 3.8) is 0 Å². The van der Waals surface area contributed by atoms with Crippen LogP contribution in [0.3, 0.4) is 0 Å². The molecular weight excluding hydrogens is 204 g/mol. The number of aliphatic hydroxyl groups is 1. The van der Waals surface area contributed by atoms with E-state index in [-0.39, 0.29) is 12.0 Å². The minimum absolute atomic E-state index is 0.113. The molecule has 0 radical (unpaired) electrons. The first-order valence-corrected chi connectivity index (χ1v) is 6.08. The highest BCUT2D eigenvalue weighted by atomic mass is 16.7. The molecule has 2 fully saturated rings. The molecule has 3 heteroatoms. The summed E-state index contributed by atoms with van der Waals surface area (Å²) in [6, 6.07) is 0. The highest BCUT2D eigenvalue weighted by Crippen LogP contribution is 2.55. The molecule has 0 aromatic heterocycles. The average Bonchev–Trinajstić information content (AvgIpc) is 2.80. The fraction of sp³-hybridized carbons (Fsp3) is 0.846. The summed E-state index contributed by atoms with van der Waals surface area (Å²) in [5.74, 6) is -0.196. The van der Waals surface area contributed by atoms with Crippen molar-refractivity contribution >= 4 is 0 Å². The molecule has 1 saturated heterocycles. The first kappa shape index (κ1) is 12.1. The number of hydrogen-bond acceptors (Lipinski definition) is 3. The maximum absolute atomic E-state index is 9.74. The standard InChI is InChI=1S/C13H22O3/c1-10(2)8-11-4-5-13(12(11,3)9-14)15-6-7-16-13/h8,11,14H,4-7,9H2,1-3H3. The van der Waals surface area contributed by atoms with Gasteiger partial charge in [0.05, 0.1) is 25.2 Å². The lowest BCUT2D eigenvalue weighted by molar-refractivity contribution is -0.231. The lowest BCUT2D eigenvalue weighted by Gasteiger charge is -2.40. The molecule has 1 spiro atoms. The van der Waals surface area contributed by atoms with Crippen molar-refractivity contribution in [1.82, 2.24) is 0 Å². The normalized spacial score (nSPS) is 36.9. The zero-order valence-electron chi connectivity index (χ0n) is 10.5. The molecule has 1 heterocycles. The van der Waals surface area contributed by atoms with E-state index >= 15 is 0 Å². The highest BCUT2D eigenvalue weighted by molar-refractivity contribution is 5.12. The molecule has 3 nitrogen and oxygen atoms in total. The number of rotatable bonds is 2. The molecule has 2 unspecified atom stereocenters. The lowest BCUT2D eigenvalue weighted by atomic mass is 9.76. The number of aliphatic hydroxyl groups excluding tert-OH is 1. The van der Waals surface area contributed by atoms with E-state index in [4.69, 9.17) is 9.47 Å². The summed E-state index contributed by atoms with van der Waals surface area (Å²) in [5, 5.41) is 9.74. The third kappa shape index (κ3) is 1.62. The van der Waals surface area contributed by atoms with Crippen LogP contribution in [0.4, 0.5) is 0 Å². The Hall–Kier alpha value is -0.380. The van der Waals surface area contributed by atoms with Crippen LogP contribution in [-0.4, -0.2) is 30.7 Å². The van der Waals surface area contributed by atoms with Crippen LogP contribution in [0.2, 0.25) is 0 Å². The van der Waals surface area contributed by atoms with Crippen molar-refractivity contribution in [3.05, 3.63) is 11.6 Å². The van der Waals surface area contributed by atoms with E-state index in [1.807, 2.05) is 0 Å². The molecule has 2 rings (SSSR count). The first-order valence-electron chi connectivity index (χ1n) is 6.08. The van der Waals surface area contributed by atoms with Gasteiger partial charge in [0.1, 0.15) is 0 Å². The van der Waals surface area contributed by atoms with Gasteiger partial charge in [-0.2, -0.15) is 0 Å². The summed E-state index contributed by atoms with van der Waals surface area (Å²) in [4.78, 5) is 0. The third-order valence-corrected chi connectivity index (χ3v) is 4.09. The van der Waals surface area contributed by atoms with Crippen LogP contribution in [0.25, 0.3) is 0 Å². The number of ether oxygens (including phenoxy) is 2. The second kappa shape index (κ2) is 4.13. The Morgan fingerprint density at radius 3 is 2.50 bits per heavy atom. The molecule has 1 N–H and O–H groups in total. The van der Waals surface area contributed by atoms with Gasteiger partial charge in [-0.05, 0) is 26.2 Å². The largest absolute Gasteiger partial charge is 0.396 e. The SMILES string of the molecule is CC(C)=CC1CCC2(OCCO2)C1(C)CO. The molecule has 0 aromatic carbocycles. The maximum Gasteiger partial charge on any atom is 0.176 e. The Morgan fingerprint density at radius 2 is 2.00 bits per heavy atom. The first-order chi connectivity index (χ1) is 7.54. The highest BCUT2D eigenvalue weighted by Gasteiger charge is 2.60. The van der Waals surface area contributed by atoms with Gasteiger partial charge in [0.2, 0.25) is 0 Å². The van der Waals surface area contributed by atoms with Gasteiger partial charge in [0, 0.05) is 6.42 Å². The number of allylic oxidation sites excluding steroid dienone is 2.